The summed E-state index contributed by atoms with van der Waals surface area (Å²) in [6.07, 6.45) is 0. The van der Waals surface area contributed by atoms with Crippen molar-refractivity contribution in [2.45, 2.75) is 0 Å². The second-order valence-electron chi connectivity index (χ2n) is 5.37. The van der Waals surface area contributed by atoms with Crippen LogP contribution >= 0.6 is 15.9 Å². The quantitative estimate of drug-likeness (QED) is 0.855. The number of piperazine rings is 1. The first-order valence-corrected chi connectivity index (χ1v) is 8.16. The Morgan fingerprint density at radius 1 is 1.09 bits per heavy atom. The van der Waals surface area contributed by atoms with E-state index >= 15 is 0 Å². The zero-order valence-electron chi connectivity index (χ0n) is 12.3. The van der Waals surface area contributed by atoms with Gasteiger partial charge in [-0.05, 0) is 40.2 Å². The molecule has 0 radical (unpaired) electrons. The molecule has 0 atom stereocenters. The molecular formula is C15H20BrN5O. The SMILES string of the molecule is Nc1cc(Br)n(-c2ccc(N3CCN(CCO)CC3)cc2)n1. The number of nitrogens with zero attached hydrogens (tertiary/aromatic N) is 4. The summed E-state index contributed by atoms with van der Waals surface area (Å²) in [6.45, 7) is 4.95. The lowest BCUT2D eigenvalue weighted by molar-refractivity contribution is 0.189. The van der Waals surface area contributed by atoms with Crippen molar-refractivity contribution in [3.05, 3.63) is 34.9 Å². The van der Waals surface area contributed by atoms with Gasteiger partial charge in [0.05, 0.1) is 12.3 Å². The Labute approximate surface area is 138 Å². The summed E-state index contributed by atoms with van der Waals surface area (Å²) in [6, 6.07) is 10.1. The highest BCUT2D eigenvalue weighted by Gasteiger charge is 2.16. The number of rotatable bonds is 4. The Hall–Kier alpha value is -1.57. The maximum Gasteiger partial charge on any atom is 0.147 e. The molecule has 0 unspecified atom stereocenters. The summed E-state index contributed by atoms with van der Waals surface area (Å²) >= 11 is 3.45. The molecule has 1 aliphatic rings. The topological polar surface area (TPSA) is 70.5 Å². The molecule has 1 aromatic carbocycles. The van der Waals surface area contributed by atoms with Crippen LogP contribution in [0.4, 0.5) is 11.5 Å². The van der Waals surface area contributed by atoms with Crippen molar-refractivity contribution >= 4 is 27.4 Å². The number of nitrogens with two attached hydrogens (primary N) is 1. The lowest BCUT2D eigenvalue weighted by Gasteiger charge is -2.35. The van der Waals surface area contributed by atoms with Gasteiger partial charge in [-0.3, -0.25) is 4.90 Å². The van der Waals surface area contributed by atoms with Crippen LogP contribution in [0.3, 0.4) is 0 Å². The van der Waals surface area contributed by atoms with Crippen molar-refractivity contribution in [2.75, 3.05) is 50.0 Å². The molecule has 0 saturated carbocycles. The first-order chi connectivity index (χ1) is 10.7. The average molecular weight is 366 g/mol. The number of anilines is 2. The molecule has 0 bridgehead atoms. The summed E-state index contributed by atoms with van der Waals surface area (Å²) in [5.41, 5.74) is 7.90. The molecule has 1 fully saturated rings. The normalized spacial score (nSPS) is 16.2. The zero-order chi connectivity index (χ0) is 15.5. The van der Waals surface area contributed by atoms with Crippen LogP contribution in [0.15, 0.2) is 34.9 Å². The Morgan fingerprint density at radius 2 is 1.73 bits per heavy atom. The van der Waals surface area contributed by atoms with Crippen molar-refractivity contribution in [3.8, 4) is 5.69 Å². The van der Waals surface area contributed by atoms with Gasteiger partial charge in [-0.2, -0.15) is 0 Å². The van der Waals surface area contributed by atoms with Crippen LogP contribution in [-0.2, 0) is 0 Å². The molecule has 1 aromatic heterocycles. The Balaban J connectivity index is 1.69. The molecule has 3 rings (SSSR count). The first-order valence-electron chi connectivity index (χ1n) is 7.37. The van der Waals surface area contributed by atoms with Crippen LogP contribution in [-0.4, -0.2) is 59.1 Å². The Kier molecular flexibility index (Phi) is 4.66. The molecule has 1 saturated heterocycles. The lowest BCUT2D eigenvalue weighted by atomic mass is 10.2. The smallest absolute Gasteiger partial charge is 0.147 e. The van der Waals surface area contributed by atoms with Gasteiger partial charge in [-0.15, -0.1) is 5.10 Å². The summed E-state index contributed by atoms with van der Waals surface area (Å²) in [7, 11) is 0. The molecular weight excluding hydrogens is 346 g/mol. The van der Waals surface area contributed by atoms with Gasteiger partial charge >= 0.3 is 0 Å². The van der Waals surface area contributed by atoms with Crippen molar-refractivity contribution in [1.82, 2.24) is 14.7 Å². The van der Waals surface area contributed by atoms with E-state index in [2.05, 4.69) is 43.0 Å². The van der Waals surface area contributed by atoms with Crippen molar-refractivity contribution in [1.29, 1.82) is 0 Å². The summed E-state index contributed by atoms with van der Waals surface area (Å²) in [5, 5.41) is 13.2. The van der Waals surface area contributed by atoms with Gasteiger partial charge < -0.3 is 15.7 Å². The van der Waals surface area contributed by atoms with E-state index in [-0.39, 0.29) is 6.61 Å². The van der Waals surface area contributed by atoms with E-state index < -0.39 is 0 Å². The third kappa shape index (κ3) is 3.26. The fourth-order valence-corrected chi connectivity index (χ4v) is 3.25. The maximum atomic E-state index is 8.99. The molecule has 0 spiro atoms. The van der Waals surface area contributed by atoms with Crippen LogP contribution in [0.5, 0.6) is 0 Å². The highest BCUT2D eigenvalue weighted by atomic mass is 79.9. The van der Waals surface area contributed by atoms with Gasteiger partial charge in [0.25, 0.3) is 0 Å². The van der Waals surface area contributed by atoms with E-state index in [1.165, 1.54) is 5.69 Å². The van der Waals surface area contributed by atoms with Gasteiger partial charge in [-0.1, -0.05) is 0 Å². The molecule has 7 heteroatoms. The van der Waals surface area contributed by atoms with Crippen LogP contribution < -0.4 is 10.6 Å². The highest BCUT2D eigenvalue weighted by Crippen LogP contribution is 2.22. The first kappa shape index (κ1) is 15.3. The predicted molar refractivity (Wildman–Crippen MR) is 91.4 cm³/mol. The second-order valence-corrected chi connectivity index (χ2v) is 6.18. The van der Waals surface area contributed by atoms with E-state index in [0.717, 1.165) is 43.0 Å². The largest absolute Gasteiger partial charge is 0.395 e. The van der Waals surface area contributed by atoms with E-state index in [0.29, 0.717) is 5.82 Å². The number of nitrogen functional groups attached to an aromatic ring is 1. The Bertz CT molecular complexity index is 619. The standard InChI is InChI=1S/C15H20BrN5O/c16-14-11-15(17)18-21(14)13-3-1-12(2-4-13)20-7-5-19(6-8-20)9-10-22/h1-4,11,22H,5-10H2,(H2,17,18). The number of aromatic nitrogens is 2. The number of hydrogen-bond acceptors (Lipinski definition) is 5. The molecule has 2 heterocycles. The van der Waals surface area contributed by atoms with E-state index in [1.54, 1.807) is 10.7 Å². The van der Waals surface area contributed by atoms with E-state index in [4.69, 9.17) is 10.8 Å². The molecule has 0 aliphatic carbocycles. The molecule has 6 nitrogen and oxygen atoms in total. The predicted octanol–water partition coefficient (Wildman–Crippen LogP) is 1.33. The molecule has 3 N–H and O–H groups in total. The highest BCUT2D eigenvalue weighted by molar-refractivity contribution is 9.10. The van der Waals surface area contributed by atoms with Gasteiger partial charge in [0.15, 0.2) is 0 Å². The van der Waals surface area contributed by atoms with Crippen molar-refractivity contribution < 1.29 is 5.11 Å². The lowest BCUT2D eigenvalue weighted by Crippen LogP contribution is -2.47. The van der Waals surface area contributed by atoms with Gasteiger partial charge in [0.1, 0.15) is 10.4 Å². The van der Waals surface area contributed by atoms with Crippen LogP contribution in [0, 0.1) is 0 Å². The third-order valence-corrected chi connectivity index (χ3v) is 4.50. The Morgan fingerprint density at radius 3 is 2.27 bits per heavy atom. The average Bonchev–Trinajstić information content (AvgIpc) is 2.87. The zero-order valence-corrected chi connectivity index (χ0v) is 13.9. The van der Waals surface area contributed by atoms with Gasteiger partial charge in [-0.25, -0.2) is 4.68 Å². The molecule has 1 aliphatic heterocycles. The van der Waals surface area contributed by atoms with Gasteiger partial charge in [0.2, 0.25) is 0 Å². The summed E-state index contributed by atoms with van der Waals surface area (Å²) in [4.78, 5) is 4.65. The fraction of sp³-hybridized carbons (Fsp3) is 0.400. The molecule has 22 heavy (non-hydrogen) atoms. The molecule has 118 valence electrons. The summed E-state index contributed by atoms with van der Waals surface area (Å²) in [5.74, 6) is 0.496. The minimum Gasteiger partial charge on any atom is -0.395 e. The van der Waals surface area contributed by atoms with E-state index in [1.807, 2.05) is 12.1 Å². The summed E-state index contributed by atoms with van der Waals surface area (Å²) < 4.78 is 2.62. The van der Waals surface area contributed by atoms with Crippen LogP contribution in [0.1, 0.15) is 0 Å². The van der Waals surface area contributed by atoms with Crippen molar-refractivity contribution in [2.24, 2.45) is 0 Å². The second kappa shape index (κ2) is 6.68. The number of aliphatic hydroxyl groups is 1. The minimum atomic E-state index is 0.233. The number of benzene rings is 1. The molecule has 0 amide bonds. The fourth-order valence-electron chi connectivity index (χ4n) is 2.73. The monoisotopic (exact) mass is 365 g/mol. The number of hydrogen-bond donors (Lipinski definition) is 2. The number of halogens is 1. The van der Waals surface area contributed by atoms with Gasteiger partial charge in [0, 0.05) is 44.5 Å². The van der Waals surface area contributed by atoms with Crippen LogP contribution in [0.2, 0.25) is 0 Å². The third-order valence-electron chi connectivity index (χ3n) is 3.93. The van der Waals surface area contributed by atoms with E-state index in [9.17, 15) is 0 Å². The minimum absolute atomic E-state index is 0.233. The maximum absolute atomic E-state index is 8.99. The van der Waals surface area contributed by atoms with Crippen molar-refractivity contribution in [3.63, 3.8) is 0 Å². The van der Waals surface area contributed by atoms with Crippen LogP contribution in [0.25, 0.3) is 5.69 Å². The number of β-amino-alcohol motifs (C(OH)–C–C–N with tert-alkyl or cyclic N) is 1. The number of aliphatic hydroxyl groups excluding tert-OH is 1. The molecule has 2 aromatic rings.